The number of hydrogen-bond donors (Lipinski definition) is 0. The summed E-state index contributed by atoms with van der Waals surface area (Å²) in [5.74, 6) is 0.0349. The summed E-state index contributed by atoms with van der Waals surface area (Å²) in [6.07, 6.45) is 2.60. The summed E-state index contributed by atoms with van der Waals surface area (Å²) in [7, 11) is 0. The van der Waals surface area contributed by atoms with Crippen molar-refractivity contribution in [1.82, 2.24) is 25.1 Å². The first-order valence-corrected chi connectivity index (χ1v) is 10.4. The maximum absolute atomic E-state index is 12.7. The fourth-order valence-electron chi connectivity index (χ4n) is 3.66. The second kappa shape index (κ2) is 8.54. The Balaban J connectivity index is 1.44. The molecule has 3 aromatic heterocycles. The Morgan fingerprint density at radius 1 is 1.21 bits per heavy atom. The summed E-state index contributed by atoms with van der Waals surface area (Å²) in [6, 6.07) is 3.88. The molecule has 4 rings (SSSR count). The lowest BCUT2D eigenvalue weighted by Gasteiger charge is -2.30. The van der Waals surface area contributed by atoms with Crippen LogP contribution in [0.1, 0.15) is 23.5 Å². The van der Waals surface area contributed by atoms with Crippen molar-refractivity contribution < 1.29 is 13.6 Å². The average Bonchev–Trinajstić information content (AvgIpc) is 3.14. The lowest BCUT2D eigenvalue weighted by molar-refractivity contribution is -0.123. The van der Waals surface area contributed by atoms with Gasteiger partial charge in [0.25, 0.3) is 6.43 Å². The third-order valence-corrected chi connectivity index (χ3v) is 6.08. The number of pyridine rings is 2. The molecule has 0 spiro atoms. The second-order valence-electron chi connectivity index (χ2n) is 7.33. The van der Waals surface area contributed by atoms with Gasteiger partial charge in [0.15, 0.2) is 0 Å². The molecule has 0 aromatic carbocycles. The van der Waals surface area contributed by atoms with E-state index in [1.807, 2.05) is 19.1 Å². The first-order valence-electron chi connectivity index (χ1n) is 9.56. The average molecular weight is 417 g/mol. The molecule has 0 N–H and O–H groups in total. The van der Waals surface area contributed by atoms with Crippen LogP contribution < -0.4 is 0 Å². The largest absolute Gasteiger partial charge is 0.299 e. The van der Waals surface area contributed by atoms with Gasteiger partial charge in [-0.05, 0) is 45.0 Å². The number of likely N-dealkylation sites (tertiary alicyclic amines) is 1. The van der Waals surface area contributed by atoms with Gasteiger partial charge in [-0.1, -0.05) is 11.3 Å². The number of piperidine rings is 1. The number of fused-ring (bicyclic) bond motifs is 1. The van der Waals surface area contributed by atoms with Gasteiger partial charge < -0.3 is 0 Å². The Labute approximate surface area is 171 Å². The monoisotopic (exact) mass is 417 g/mol. The molecule has 1 aliphatic rings. The van der Waals surface area contributed by atoms with Gasteiger partial charge in [0.2, 0.25) is 0 Å². The quantitative estimate of drug-likeness (QED) is 0.611. The lowest BCUT2D eigenvalue weighted by Crippen LogP contribution is -2.39. The summed E-state index contributed by atoms with van der Waals surface area (Å²) in [4.78, 5) is 23.2. The molecule has 9 heteroatoms. The van der Waals surface area contributed by atoms with Crippen LogP contribution in [0.2, 0.25) is 0 Å². The van der Waals surface area contributed by atoms with E-state index >= 15 is 0 Å². The highest BCUT2D eigenvalue weighted by molar-refractivity contribution is 7.14. The minimum absolute atomic E-state index is 0.0877. The fraction of sp³-hybridized carbons (Fsp3) is 0.450. The van der Waals surface area contributed by atoms with Crippen LogP contribution in [0.5, 0.6) is 0 Å². The molecule has 0 amide bonds. The Morgan fingerprint density at radius 3 is 2.69 bits per heavy atom. The van der Waals surface area contributed by atoms with Gasteiger partial charge in [0.1, 0.15) is 15.8 Å². The van der Waals surface area contributed by atoms with Gasteiger partial charge in [0.05, 0.1) is 18.3 Å². The van der Waals surface area contributed by atoms with E-state index in [9.17, 15) is 13.6 Å². The van der Waals surface area contributed by atoms with Gasteiger partial charge in [-0.25, -0.2) is 8.78 Å². The van der Waals surface area contributed by atoms with Crippen molar-refractivity contribution in [3.8, 4) is 10.6 Å². The summed E-state index contributed by atoms with van der Waals surface area (Å²) < 4.78 is 25.0. The van der Waals surface area contributed by atoms with Crippen LogP contribution in [0, 0.1) is 12.8 Å². The number of carbonyl (C=O) groups is 1. The van der Waals surface area contributed by atoms with Crippen molar-refractivity contribution in [3.05, 3.63) is 35.2 Å². The van der Waals surface area contributed by atoms with Crippen molar-refractivity contribution in [3.63, 3.8) is 0 Å². The molecule has 1 saturated heterocycles. The predicted molar refractivity (Wildman–Crippen MR) is 107 cm³/mol. The Bertz CT molecular complexity index is 1020. The zero-order chi connectivity index (χ0) is 20.4. The standard InChI is InChI=1S/C20H21F2N5OS/c1-12-25-26-20(29-12)15-6-14-7-16(23-10-17(14)24-9-15)8-18(28)13-2-4-27(5-3-13)11-19(21)22/h6-7,9-10,13,19H,2-5,8,11H2,1H3. The SMILES string of the molecule is Cc1nnc(-c2cnc3cnc(CC(=O)C4CCN(CC(F)F)CC4)cc3c2)s1. The van der Waals surface area contributed by atoms with Crippen LogP contribution in [0.25, 0.3) is 21.5 Å². The van der Waals surface area contributed by atoms with Gasteiger partial charge >= 0.3 is 0 Å². The highest BCUT2D eigenvalue weighted by Gasteiger charge is 2.26. The molecular weight excluding hydrogens is 396 g/mol. The van der Waals surface area contributed by atoms with Crippen LogP contribution in [-0.2, 0) is 11.2 Å². The van der Waals surface area contributed by atoms with E-state index < -0.39 is 6.43 Å². The molecule has 4 heterocycles. The third kappa shape index (κ3) is 4.79. The zero-order valence-corrected chi connectivity index (χ0v) is 16.8. The van der Waals surface area contributed by atoms with E-state index in [0.717, 1.165) is 26.5 Å². The number of aromatic nitrogens is 4. The Kier molecular flexibility index (Phi) is 5.86. The number of Topliss-reactive ketones (excluding diaryl/α,β-unsaturated/α-hetero) is 1. The maximum atomic E-state index is 12.7. The van der Waals surface area contributed by atoms with E-state index in [-0.39, 0.29) is 24.7 Å². The van der Waals surface area contributed by atoms with Crippen LogP contribution >= 0.6 is 11.3 Å². The molecule has 0 saturated carbocycles. The smallest absolute Gasteiger partial charge is 0.251 e. The molecule has 29 heavy (non-hydrogen) atoms. The normalized spacial score (nSPS) is 16.0. The molecule has 3 aromatic rings. The van der Waals surface area contributed by atoms with Crippen molar-refractivity contribution in [1.29, 1.82) is 0 Å². The van der Waals surface area contributed by atoms with Crippen LogP contribution in [-0.4, -0.2) is 56.9 Å². The molecule has 0 atom stereocenters. The number of rotatable bonds is 6. The van der Waals surface area contributed by atoms with Crippen molar-refractivity contribution in [2.24, 2.45) is 5.92 Å². The molecule has 6 nitrogen and oxygen atoms in total. The van der Waals surface area contributed by atoms with E-state index in [1.165, 1.54) is 11.3 Å². The first-order chi connectivity index (χ1) is 14.0. The Morgan fingerprint density at radius 2 is 2.00 bits per heavy atom. The Hall–Kier alpha value is -2.39. The number of alkyl halides is 2. The number of aryl methyl sites for hydroxylation is 1. The number of halogens is 2. The molecule has 0 unspecified atom stereocenters. The predicted octanol–water partition coefficient (Wildman–Crippen LogP) is 3.55. The molecule has 1 fully saturated rings. The highest BCUT2D eigenvalue weighted by atomic mass is 32.1. The topological polar surface area (TPSA) is 71.9 Å². The van der Waals surface area contributed by atoms with Gasteiger partial charge in [0, 0.05) is 35.2 Å². The minimum atomic E-state index is -2.33. The number of hydrogen-bond acceptors (Lipinski definition) is 7. The highest BCUT2D eigenvalue weighted by Crippen LogP contribution is 2.26. The van der Waals surface area contributed by atoms with Crippen LogP contribution in [0.3, 0.4) is 0 Å². The van der Waals surface area contributed by atoms with Crippen molar-refractivity contribution in [2.75, 3.05) is 19.6 Å². The van der Waals surface area contributed by atoms with Crippen LogP contribution in [0.15, 0.2) is 24.5 Å². The number of carbonyl (C=O) groups excluding carboxylic acids is 1. The number of nitrogens with zero attached hydrogens (tertiary/aromatic N) is 5. The molecular formula is C20H21F2N5OS. The summed E-state index contributed by atoms with van der Waals surface area (Å²) in [5, 5.41) is 10.8. The first kappa shape index (κ1) is 19.9. The second-order valence-corrected chi connectivity index (χ2v) is 8.51. The van der Waals surface area contributed by atoms with Gasteiger partial charge in [-0.15, -0.1) is 10.2 Å². The third-order valence-electron chi connectivity index (χ3n) is 5.19. The van der Waals surface area contributed by atoms with Gasteiger partial charge in [-0.2, -0.15) is 0 Å². The molecule has 0 aliphatic carbocycles. The van der Waals surface area contributed by atoms with E-state index in [4.69, 9.17) is 0 Å². The summed E-state index contributed by atoms with van der Waals surface area (Å²) in [5.41, 5.74) is 2.34. The molecule has 152 valence electrons. The van der Waals surface area contributed by atoms with E-state index in [0.29, 0.717) is 31.6 Å². The summed E-state index contributed by atoms with van der Waals surface area (Å²) >= 11 is 1.50. The molecule has 1 aliphatic heterocycles. The van der Waals surface area contributed by atoms with E-state index in [2.05, 4.69) is 20.2 Å². The zero-order valence-electron chi connectivity index (χ0n) is 16.0. The summed E-state index contributed by atoms with van der Waals surface area (Å²) in [6.45, 7) is 2.78. The number of ketones is 1. The van der Waals surface area contributed by atoms with Crippen molar-refractivity contribution >= 4 is 28.0 Å². The van der Waals surface area contributed by atoms with Gasteiger partial charge in [-0.3, -0.25) is 19.7 Å². The maximum Gasteiger partial charge on any atom is 0.251 e. The molecule has 0 bridgehead atoms. The van der Waals surface area contributed by atoms with Crippen LogP contribution in [0.4, 0.5) is 8.78 Å². The lowest BCUT2D eigenvalue weighted by atomic mass is 9.90. The fourth-order valence-corrected chi connectivity index (χ4v) is 4.33. The molecule has 0 radical (unpaired) electrons. The van der Waals surface area contributed by atoms with E-state index in [1.54, 1.807) is 17.3 Å². The van der Waals surface area contributed by atoms with Crippen molar-refractivity contribution in [2.45, 2.75) is 32.6 Å². The minimum Gasteiger partial charge on any atom is -0.299 e.